The summed E-state index contributed by atoms with van der Waals surface area (Å²) < 4.78 is 36.7. The van der Waals surface area contributed by atoms with Crippen LogP contribution >= 0.6 is 12.4 Å². The summed E-state index contributed by atoms with van der Waals surface area (Å²) in [5.41, 5.74) is 2.02. The maximum Gasteiger partial charge on any atom is 0.213 e. The lowest BCUT2D eigenvalue weighted by molar-refractivity contribution is 0.0539. The van der Waals surface area contributed by atoms with Crippen molar-refractivity contribution >= 4 is 22.4 Å². The average molecular weight is 444 g/mol. The molecule has 0 aliphatic rings. The fraction of sp³-hybridized carbons (Fsp3) is 0.450. The topological polar surface area (TPSA) is 89.6 Å². The first-order valence-corrected chi connectivity index (χ1v) is 11.2. The molecule has 0 saturated heterocycles. The summed E-state index contributed by atoms with van der Waals surface area (Å²) in [6.45, 7) is 6.16. The third-order valence-electron chi connectivity index (χ3n) is 4.00. The number of aromatic nitrogens is 1. The summed E-state index contributed by atoms with van der Waals surface area (Å²) >= 11 is 0. The number of halogens is 1. The van der Waals surface area contributed by atoms with Crippen LogP contribution in [0.4, 0.5) is 0 Å². The van der Waals surface area contributed by atoms with Gasteiger partial charge in [0.15, 0.2) is 0 Å². The minimum atomic E-state index is -3.23. The summed E-state index contributed by atoms with van der Waals surface area (Å²) in [7, 11) is -3.23. The fourth-order valence-electron chi connectivity index (χ4n) is 2.66. The largest absolute Gasteiger partial charge is 0.471 e. The number of pyridine rings is 1. The quantitative estimate of drug-likeness (QED) is 0.524. The monoisotopic (exact) mass is 443 g/mol. The van der Waals surface area contributed by atoms with Crippen LogP contribution in [0.15, 0.2) is 48.7 Å². The normalized spacial score (nSPS) is 13.3. The lowest BCUT2D eigenvalue weighted by Crippen LogP contribution is -2.35. The zero-order chi connectivity index (χ0) is 20.4. The molecule has 0 radical (unpaired) electrons. The Morgan fingerprint density at radius 1 is 1.14 bits per heavy atom. The predicted molar refractivity (Wildman–Crippen MR) is 117 cm³/mol. The molecule has 0 fully saturated rings. The molecule has 2 atom stereocenters. The second-order valence-electron chi connectivity index (χ2n) is 6.55. The van der Waals surface area contributed by atoms with E-state index in [0.717, 1.165) is 17.4 Å². The van der Waals surface area contributed by atoms with Gasteiger partial charge in [0.1, 0.15) is 6.10 Å². The Morgan fingerprint density at radius 3 is 2.45 bits per heavy atom. The molecule has 2 N–H and O–H groups in total. The smallest absolute Gasteiger partial charge is 0.213 e. The van der Waals surface area contributed by atoms with Crippen molar-refractivity contribution in [3.8, 4) is 5.88 Å². The van der Waals surface area contributed by atoms with E-state index < -0.39 is 10.0 Å². The maximum atomic E-state index is 11.3. The highest BCUT2D eigenvalue weighted by molar-refractivity contribution is 7.88. The lowest BCUT2D eigenvalue weighted by Gasteiger charge is -2.19. The van der Waals surface area contributed by atoms with Crippen molar-refractivity contribution in [3.05, 3.63) is 59.8 Å². The summed E-state index contributed by atoms with van der Waals surface area (Å²) in [6.07, 6.45) is 2.71. The van der Waals surface area contributed by atoms with E-state index in [9.17, 15) is 8.42 Å². The maximum absolute atomic E-state index is 11.3. The Balaban J connectivity index is 0.00000420. The standard InChI is InChI=1S/C20H29N3O4S.ClH/c1-4-26-15-19(27-20-7-5-6-12-22-20)14-21-13-17-8-10-18(11-9-17)16(2)23-28(3,24)25;/h5-12,16,19,21,23H,4,13-15H2,1-3H3;1H/t16-,19?;/m1./s1. The van der Waals surface area contributed by atoms with Crippen molar-refractivity contribution in [2.24, 2.45) is 0 Å². The Labute approximate surface area is 179 Å². The van der Waals surface area contributed by atoms with E-state index in [2.05, 4.69) is 15.0 Å². The van der Waals surface area contributed by atoms with Crippen LogP contribution in [0, 0.1) is 0 Å². The Morgan fingerprint density at radius 2 is 1.86 bits per heavy atom. The van der Waals surface area contributed by atoms with Crippen molar-refractivity contribution in [1.82, 2.24) is 15.0 Å². The molecule has 9 heteroatoms. The van der Waals surface area contributed by atoms with E-state index in [1.54, 1.807) is 6.20 Å². The van der Waals surface area contributed by atoms with Crippen molar-refractivity contribution < 1.29 is 17.9 Å². The number of hydrogen-bond donors (Lipinski definition) is 2. The Kier molecular flexibility index (Phi) is 11.2. The molecule has 0 spiro atoms. The number of hydrogen-bond acceptors (Lipinski definition) is 6. The van der Waals surface area contributed by atoms with Gasteiger partial charge in [-0.2, -0.15) is 0 Å². The molecule has 2 rings (SSSR count). The summed E-state index contributed by atoms with van der Waals surface area (Å²) in [4.78, 5) is 4.19. The minimum Gasteiger partial charge on any atom is -0.471 e. The number of ether oxygens (including phenoxy) is 2. The molecule has 162 valence electrons. The van der Waals surface area contributed by atoms with Crippen LogP contribution in [0.5, 0.6) is 5.88 Å². The molecule has 29 heavy (non-hydrogen) atoms. The number of benzene rings is 1. The van der Waals surface area contributed by atoms with Crippen molar-refractivity contribution in [1.29, 1.82) is 0 Å². The SMILES string of the molecule is CCOCC(CNCc1ccc([C@@H](C)NS(C)(=O)=O)cc1)Oc1ccccn1.Cl. The van der Waals surface area contributed by atoms with Crippen LogP contribution in [0.2, 0.25) is 0 Å². The van der Waals surface area contributed by atoms with Crippen molar-refractivity contribution in [2.75, 3.05) is 26.0 Å². The van der Waals surface area contributed by atoms with E-state index in [0.29, 0.717) is 32.2 Å². The van der Waals surface area contributed by atoms with Gasteiger partial charge in [0, 0.05) is 38.0 Å². The highest BCUT2D eigenvalue weighted by Crippen LogP contribution is 2.14. The van der Waals surface area contributed by atoms with Crippen LogP contribution < -0.4 is 14.8 Å². The third kappa shape index (κ3) is 10.0. The summed E-state index contributed by atoms with van der Waals surface area (Å²) in [5.74, 6) is 0.575. The number of rotatable bonds is 12. The van der Waals surface area contributed by atoms with Gasteiger partial charge in [0.25, 0.3) is 0 Å². The Bertz CT molecular complexity index is 804. The Hall–Kier alpha value is -1.71. The minimum absolute atomic E-state index is 0. The van der Waals surface area contributed by atoms with Crippen LogP contribution in [-0.2, 0) is 21.3 Å². The van der Waals surface area contributed by atoms with Gasteiger partial charge in [-0.3, -0.25) is 0 Å². The second kappa shape index (κ2) is 12.8. The van der Waals surface area contributed by atoms with E-state index in [4.69, 9.17) is 9.47 Å². The molecule has 1 heterocycles. The molecular formula is C20H30ClN3O4S. The van der Waals surface area contributed by atoms with E-state index in [1.807, 2.05) is 56.3 Å². The zero-order valence-corrected chi connectivity index (χ0v) is 18.6. The van der Waals surface area contributed by atoms with Gasteiger partial charge in [-0.05, 0) is 31.0 Å². The molecular weight excluding hydrogens is 414 g/mol. The van der Waals surface area contributed by atoms with Gasteiger partial charge in [-0.25, -0.2) is 18.1 Å². The van der Waals surface area contributed by atoms with Gasteiger partial charge in [0.05, 0.1) is 12.9 Å². The lowest BCUT2D eigenvalue weighted by atomic mass is 10.1. The molecule has 0 amide bonds. The average Bonchev–Trinajstić information content (AvgIpc) is 2.66. The molecule has 0 bridgehead atoms. The molecule has 1 unspecified atom stereocenters. The van der Waals surface area contributed by atoms with Crippen LogP contribution in [0.25, 0.3) is 0 Å². The van der Waals surface area contributed by atoms with Crippen molar-refractivity contribution in [3.63, 3.8) is 0 Å². The van der Waals surface area contributed by atoms with Gasteiger partial charge in [-0.15, -0.1) is 12.4 Å². The van der Waals surface area contributed by atoms with Crippen LogP contribution in [0.1, 0.15) is 31.0 Å². The zero-order valence-electron chi connectivity index (χ0n) is 17.0. The molecule has 0 saturated carbocycles. The molecule has 1 aromatic carbocycles. The molecule has 1 aromatic heterocycles. The first-order chi connectivity index (χ1) is 13.4. The first-order valence-electron chi connectivity index (χ1n) is 9.29. The van der Waals surface area contributed by atoms with E-state index in [1.165, 1.54) is 0 Å². The highest BCUT2D eigenvalue weighted by Gasteiger charge is 2.12. The van der Waals surface area contributed by atoms with E-state index >= 15 is 0 Å². The summed E-state index contributed by atoms with van der Waals surface area (Å²) in [5, 5.41) is 3.37. The number of nitrogens with one attached hydrogen (secondary N) is 2. The van der Waals surface area contributed by atoms with Crippen LogP contribution in [0.3, 0.4) is 0 Å². The number of nitrogens with zero attached hydrogens (tertiary/aromatic N) is 1. The molecule has 2 aromatic rings. The highest BCUT2D eigenvalue weighted by atomic mass is 35.5. The van der Waals surface area contributed by atoms with Gasteiger partial charge in [-0.1, -0.05) is 30.3 Å². The molecule has 7 nitrogen and oxygen atoms in total. The third-order valence-corrected chi connectivity index (χ3v) is 4.79. The van der Waals surface area contributed by atoms with Crippen LogP contribution in [-0.4, -0.2) is 45.5 Å². The van der Waals surface area contributed by atoms with Gasteiger partial charge in [0.2, 0.25) is 15.9 Å². The fourth-order valence-corrected chi connectivity index (χ4v) is 3.44. The predicted octanol–water partition coefficient (Wildman–Crippen LogP) is 2.69. The van der Waals surface area contributed by atoms with E-state index in [-0.39, 0.29) is 24.6 Å². The van der Waals surface area contributed by atoms with Gasteiger partial charge >= 0.3 is 0 Å². The first kappa shape index (κ1) is 25.3. The number of sulfonamides is 1. The second-order valence-corrected chi connectivity index (χ2v) is 8.33. The molecule has 0 aliphatic heterocycles. The van der Waals surface area contributed by atoms with Crippen molar-refractivity contribution in [2.45, 2.75) is 32.5 Å². The van der Waals surface area contributed by atoms with Gasteiger partial charge < -0.3 is 14.8 Å². The molecule has 0 aliphatic carbocycles. The summed E-state index contributed by atoms with van der Waals surface area (Å²) in [6, 6.07) is 13.1.